The molecule has 4 N–H and O–H groups in total. The highest BCUT2D eigenvalue weighted by atomic mass is 19.1. The summed E-state index contributed by atoms with van der Waals surface area (Å²) in [5, 5.41) is 21.1. The van der Waals surface area contributed by atoms with Crippen molar-refractivity contribution in [2.24, 2.45) is 0 Å². The molecule has 2 amide bonds. The number of aliphatic hydroxyl groups excluding tert-OH is 1. The molecule has 0 spiro atoms. The summed E-state index contributed by atoms with van der Waals surface area (Å²) >= 11 is 0. The van der Waals surface area contributed by atoms with Crippen molar-refractivity contribution in [2.45, 2.75) is 121 Å². The lowest BCUT2D eigenvalue weighted by molar-refractivity contribution is 0.105. The first-order valence-corrected chi connectivity index (χ1v) is 15.1. The van der Waals surface area contributed by atoms with E-state index in [0.29, 0.717) is 5.56 Å². The quantitative estimate of drug-likeness (QED) is 0.281. The fraction of sp³-hybridized carbons (Fsp3) is 0.606. The van der Waals surface area contributed by atoms with Crippen molar-refractivity contribution in [2.75, 3.05) is 6.54 Å². The largest absolute Gasteiger partial charge is 0.390 e. The van der Waals surface area contributed by atoms with Gasteiger partial charge < -0.3 is 21.1 Å². The fourth-order valence-electron chi connectivity index (χ4n) is 6.36. The highest BCUT2D eigenvalue weighted by molar-refractivity contribution is 5.74. The minimum atomic E-state index is -0.965. The van der Waals surface area contributed by atoms with Crippen molar-refractivity contribution in [1.82, 2.24) is 16.0 Å². The highest BCUT2D eigenvalue weighted by Crippen LogP contribution is 2.38. The predicted molar refractivity (Wildman–Crippen MR) is 156 cm³/mol. The lowest BCUT2D eigenvalue weighted by atomic mass is 9.74. The maximum Gasteiger partial charge on any atom is 0.315 e. The molecular formula is C33H47F2N3O2. The van der Waals surface area contributed by atoms with Crippen LogP contribution in [0.3, 0.4) is 0 Å². The molecule has 0 bridgehead atoms. The molecule has 2 saturated carbocycles. The van der Waals surface area contributed by atoms with Crippen LogP contribution in [-0.4, -0.2) is 35.9 Å². The number of urea groups is 1. The predicted octanol–water partition coefficient (Wildman–Crippen LogP) is 6.62. The Kier molecular flexibility index (Phi) is 10.2. The van der Waals surface area contributed by atoms with Gasteiger partial charge in [0.15, 0.2) is 0 Å². The Hall–Kier alpha value is -2.51. The number of hydrogen-bond donors (Lipinski definition) is 4. The Morgan fingerprint density at radius 2 is 1.62 bits per heavy atom. The number of carbonyl (C=O) groups excluding carboxylic acids is 1. The second-order valence-corrected chi connectivity index (χ2v) is 13.0. The summed E-state index contributed by atoms with van der Waals surface area (Å²) in [6, 6.07) is 11.1. The van der Waals surface area contributed by atoms with Gasteiger partial charge >= 0.3 is 6.03 Å². The molecule has 0 radical (unpaired) electrons. The highest BCUT2D eigenvalue weighted by Gasteiger charge is 2.35. The molecule has 2 unspecified atom stereocenters. The van der Waals surface area contributed by atoms with Crippen molar-refractivity contribution in [3.8, 4) is 0 Å². The van der Waals surface area contributed by atoms with Crippen LogP contribution in [0, 0.1) is 11.6 Å². The third kappa shape index (κ3) is 8.26. The average molecular weight is 556 g/mol. The lowest BCUT2D eigenvalue weighted by Gasteiger charge is -2.41. The van der Waals surface area contributed by atoms with Crippen molar-refractivity contribution < 1.29 is 18.7 Å². The molecule has 2 fully saturated rings. The third-order valence-electron chi connectivity index (χ3n) is 8.74. The average Bonchev–Trinajstić information content (AvgIpc) is 2.91. The lowest BCUT2D eigenvalue weighted by Crippen LogP contribution is -2.55. The number of amides is 2. The van der Waals surface area contributed by atoms with Crippen molar-refractivity contribution in [3.63, 3.8) is 0 Å². The van der Waals surface area contributed by atoms with Gasteiger partial charge in [-0.25, -0.2) is 13.6 Å². The monoisotopic (exact) mass is 555 g/mol. The van der Waals surface area contributed by atoms with Crippen LogP contribution in [-0.2, 0) is 17.4 Å². The van der Waals surface area contributed by atoms with E-state index in [1.807, 2.05) is 0 Å². The van der Waals surface area contributed by atoms with Gasteiger partial charge in [-0.05, 0) is 66.3 Å². The summed E-state index contributed by atoms with van der Waals surface area (Å²) in [5.41, 5.74) is 2.62. The maximum atomic E-state index is 14.0. The van der Waals surface area contributed by atoms with E-state index in [4.69, 9.17) is 0 Å². The van der Waals surface area contributed by atoms with Crippen LogP contribution >= 0.6 is 0 Å². The molecular weight excluding hydrogens is 508 g/mol. The third-order valence-corrected chi connectivity index (χ3v) is 8.74. The van der Waals surface area contributed by atoms with Crippen LogP contribution in [0.15, 0.2) is 42.5 Å². The Balaban J connectivity index is 1.52. The summed E-state index contributed by atoms with van der Waals surface area (Å²) in [7, 11) is 0. The van der Waals surface area contributed by atoms with Crippen molar-refractivity contribution in [3.05, 3.63) is 70.8 Å². The van der Waals surface area contributed by atoms with E-state index in [9.17, 15) is 18.7 Å². The maximum absolute atomic E-state index is 14.0. The van der Waals surface area contributed by atoms with Crippen LogP contribution in [0.25, 0.3) is 0 Å². The van der Waals surface area contributed by atoms with Crippen LogP contribution in [0.2, 0.25) is 0 Å². The number of nitrogens with one attached hydrogen (secondary N) is 3. The molecule has 2 aromatic rings. The molecule has 2 aromatic carbocycles. The molecule has 0 heterocycles. The van der Waals surface area contributed by atoms with Crippen LogP contribution < -0.4 is 16.0 Å². The minimum Gasteiger partial charge on any atom is -0.390 e. The number of benzene rings is 2. The molecule has 7 heteroatoms. The second-order valence-electron chi connectivity index (χ2n) is 13.0. The molecule has 0 saturated heterocycles. The Morgan fingerprint density at radius 1 is 0.975 bits per heavy atom. The van der Waals surface area contributed by atoms with Gasteiger partial charge in [-0.3, -0.25) is 0 Å². The van der Waals surface area contributed by atoms with Gasteiger partial charge in [0.2, 0.25) is 0 Å². The zero-order valence-corrected chi connectivity index (χ0v) is 24.4. The molecule has 5 nitrogen and oxygen atoms in total. The normalized spacial score (nSPS) is 19.6. The smallest absolute Gasteiger partial charge is 0.315 e. The van der Waals surface area contributed by atoms with Crippen LogP contribution in [0.1, 0.15) is 102 Å². The van der Waals surface area contributed by atoms with Crippen LogP contribution in [0.5, 0.6) is 0 Å². The van der Waals surface area contributed by atoms with Crippen molar-refractivity contribution in [1.29, 1.82) is 0 Å². The SMILES string of the molecule is CC(C)(C)c1cccc(C2(NCC(O)C(Cc3cc(F)cc(F)c3)NC(=O)NC3CCCCC3)CCCCC2)c1. The number of hydrogen-bond acceptors (Lipinski definition) is 3. The molecule has 40 heavy (non-hydrogen) atoms. The van der Waals surface area contributed by atoms with E-state index in [2.05, 4.69) is 61.0 Å². The number of aliphatic hydroxyl groups is 1. The number of rotatable bonds is 9. The van der Waals surface area contributed by atoms with Gasteiger partial charge in [-0.1, -0.05) is 83.6 Å². The van der Waals surface area contributed by atoms with Gasteiger partial charge in [0, 0.05) is 24.2 Å². The molecule has 0 aliphatic heterocycles. The topological polar surface area (TPSA) is 73.4 Å². The first-order valence-electron chi connectivity index (χ1n) is 15.1. The van der Waals surface area contributed by atoms with E-state index in [1.54, 1.807) is 0 Å². The van der Waals surface area contributed by atoms with Gasteiger partial charge in [0.25, 0.3) is 0 Å². The molecule has 0 aromatic heterocycles. The summed E-state index contributed by atoms with van der Waals surface area (Å²) in [6.45, 7) is 6.87. The van der Waals surface area contributed by atoms with E-state index in [-0.39, 0.29) is 36.0 Å². The summed E-state index contributed by atoms with van der Waals surface area (Å²) < 4.78 is 28.0. The van der Waals surface area contributed by atoms with E-state index >= 15 is 0 Å². The van der Waals surface area contributed by atoms with Gasteiger partial charge in [-0.15, -0.1) is 0 Å². The van der Waals surface area contributed by atoms with Gasteiger partial charge in [0.05, 0.1) is 12.1 Å². The molecule has 2 aliphatic carbocycles. The van der Waals surface area contributed by atoms with Gasteiger partial charge in [0.1, 0.15) is 11.6 Å². The van der Waals surface area contributed by atoms with Crippen LogP contribution in [0.4, 0.5) is 13.6 Å². The minimum absolute atomic E-state index is 0.0202. The first-order chi connectivity index (χ1) is 19.0. The standard InChI is InChI=1S/C33H47F2N3O2/c1-32(2,3)24-11-10-12-25(20-24)33(15-8-5-9-16-33)36-22-30(39)29(19-23-17-26(34)21-27(35)18-23)38-31(40)37-28-13-6-4-7-14-28/h10-12,17-18,20-21,28-30,36,39H,4-9,13-16,19,22H2,1-3H3,(H2,37,38,40). The molecule has 2 atom stereocenters. The summed E-state index contributed by atoms with van der Waals surface area (Å²) in [5.74, 6) is -1.35. The van der Waals surface area contributed by atoms with E-state index in [1.165, 1.54) is 36.1 Å². The Bertz CT molecular complexity index is 1100. The van der Waals surface area contributed by atoms with Crippen molar-refractivity contribution >= 4 is 6.03 Å². The summed E-state index contributed by atoms with van der Waals surface area (Å²) in [6.07, 6.45) is 9.67. The van der Waals surface area contributed by atoms with E-state index in [0.717, 1.165) is 57.4 Å². The molecule has 2 aliphatic rings. The number of carbonyl (C=O) groups is 1. The summed E-state index contributed by atoms with van der Waals surface area (Å²) in [4.78, 5) is 13.0. The zero-order chi connectivity index (χ0) is 28.8. The Labute approximate surface area is 238 Å². The van der Waals surface area contributed by atoms with Gasteiger partial charge in [-0.2, -0.15) is 0 Å². The zero-order valence-electron chi connectivity index (χ0n) is 24.4. The Morgan fingerprint density at radius 3 is 2.27 bits per heavy atom. The fourth-order valence-corrected chi connectivity index (χ4v) is 6.36. The molecule has 4 rings (SSSR count). The van der Waals surface area contributed by atoms with E-state index < -0.39 is 23.8 Å². The second kappa shape index (κ2) is 13.4. The molecule has 220 valence electrons. The first kappa shape index (κ1) is 30.4. The number of halogens is 2.